The van der Waals surface area contributed by atoms with E-state index in [-0.39, 0.29) is 0 Å². The fourth-order valence-corrected chi connectivity index (χ4v) is 1.90. The van der Waals surface area contributed by atoms with Crippen LogP contribution in [0.15, 0.2) is 30.5 Å². The third kappa shape index (κ3) is 2.07. The van der Waals surface area contributed by atoms with Crippen molar-refractivity contribution in [1.82, 2.24) is 14.4 Å². The molecule has 84 valence electrons. The molecule has 2 rings (SSSR count). The van der Waals surface area contributed by atoms with Crippen LogP contribution in [-0.2, 0) is 10.0 Å². The van der Waals surface area contributed by atoms with Crippen molar-refractivity contribution in [2.45, 2.75) is 0 Å². The Morgan fingerprint density at radius 3 is 2.56 bits per heavy atom. The number of nitrogens with zero attached hydrogens (tertiary/aromatic N) is 3. The lowest BCUT2D eigenvalue weighted by atomic mass is 10.2. The first-order valence-corrected chi connectivity index (χ1v) is 6.59. The summed E-state index contributed by atoms with van der Waals surface area (Å²) in [5.74, 6) is 0. The minimum absolute atomic E-state index is 0.427. The summed E-state index contributed by atoms with van der Waals surface area (Å²) in [5.41, 5.74) is 1.08. The van der Waals surface area contributed by atoms with Crippen LogP contribution in [0, 0.1) is 0 Å². The molecule has 5 nitrogen and oxygen atoms in total. The summed E-state index contributed by atoms with van der Waals surface area (Å²) >= 11 is 5.96. The van der Waals surface area contributed by atoms with E-state index in [2.05, 4.69) is 10.3 Å². The maximum Gasteiger partial charge on any atom is 0.252 e. The molecular weight excluding hydrogens is 250 g/mol. The maximum absolute atomic E-state index is 11.2. The second-order valence-electron chi connectivity index (χ2n) is 3.22. The molecule has 0 amide bonds. The third-order valence-electron chi connectivity index (χ3n) is 1.96. The smallest absolute Gasteiger partial charge is 0.205 e. The van der Waals surface area contributed by atoms with E-state index < -0.39 is 10.0 Å². The minimum atomic E-state index is -3.40. The molecule has 0 saturated carbocycles. The summed E-state index contributed by atoms with van der Waals surface area (Å²) in [7, 11) is -3.40. The van der Waals surface area contributed by atoms with E-state index in [0.717, 1.165) is 10.3 Å². The Balaban J connectivity index is 2.52. The number of hydrogen-bond acceptors (Lipinski definition) is 4. The van der Waals surface area contributed by atoms with Crippen molar-refractivity contribution >= 4 is 21.6 Å². The SMILES string of the molecule is CS(=O)(=O)n1cc(-c2ccccc2Cl)nn1. The topological polar surface area (TPSA) is 64.8 Å². The number of aromatic nitrogens is 3. The van der Waals surface area contributed by atoms with Crippen molar-refractivity contribution in [2.75, 3.05) is 6.26 Å². The predicted molar refractivity (Wildman–Crippen MR) is 60.7 cm³/mol. The van der Waals surface area contributed by atoms with Gasteiger partial charge in [-0.1, -0.05) is 35.0 Å². The molecule has 7 heteroatoms. The van der Waals surface area contributed by atoms with Crippen LogP contribution in [-0.4, -0.2) is 29.1 Å². The first kappa shape index (κ1) is 11.1. The average molecular weight is 258 g/mol. The molecule has 0 atom stereocenters. The zero-order chi connectivity index (χ0) is 11.8. The lowest BCUT2D eigenvalue weighted by Gasteiger charge is -1.97. The normalized spacial score (nSPS) is 11.6. The van der Waals surface area contributed by atoms with Crippen molar-refractivity contribution in [2.24, 2.45) is 0 Å². The highest BCUT2D eigenvalue weighted by Crippen LogP contribution is 2.25. The highest BCUT2D eigenvalue weighted by molar-refractivity contribution is 7.89. The van der Waals surface area contributed by atoms with E-state index >= 15 is 0 Å². The number of hydrogen-bond donors (Lipinski definition) is 0. The van der Waals surface area contributed by atoms with E-state index in [1.807, 2.05) is 0 Å². The zero-order valence-electron chi connectivity index (χ0n) is 8.33. The first-order valence-electron chi connectivity index (χ1n) is 4.36. The van der Waals surface area contributed by atoms with Crippen LogP contribution in [0.1, 0.15) is 0 Å². The lowest BCUT2D eigenvalue weighted by Crippen LogP contribution is -2.10. The molecule has 16 heavy (non-hydrogen) atoms. The van der Waals surface area contributed by atoms with Gasteiger partial charge in [0.15, 0.2) is 0 Å². The van der Waals surface area contributed by atoms with Crippen LogP contribution in [0.2, 0.25) is 5.02 Å². The molecule has 0 bridgehead atoms. The van der Waals surface area contributed by atoms with Gasteiger partial charge in [0.1, 0.15) is 5.69 Å². The third-order valence-corrected chi connectivity index (χ3v) is 3.15. The fourth-order valence-electron chi connectivity index (χ4n) is 1.20. The molecule has 0 spiro atoms. The number of benzene rings is 1. The number of halogens is 1. The van der Waals surface area contributed by atoms with Gasteiger partial charge in [0.25, 0.3) is 10.0 Å². The Labute approximate surface area is 97.7 Å². The summed E-state index contributed by atoms with van der Waals surface area (Å²) in [6.45, 7) is 0. The Morgan fingerprint density at radius 1 is 1.31 bits per heavy atom. The molecule has 2 aromatic rings. The molecule has 1 aromatic carbocycles. The summed E-state index contributed by atoms with van der Waals surface area (Å²) in [6.07, 6.45) is 2.38. The van der Waals surface area contributed by atoms with Gasteiger partial charge in [0.05, 0.1) is 17.5 Å². The molecular formula is C9H8ClN3O2S. The largest absolute Gasteiger partial charge is 0.252 e. The Bertz CT molecular complexity index is 621. The van der Waals surface area contributed by atoms with E-state index in [0.29, 0.717) is 16.3 Å². The number of rotatable bonds is 2. The quantitative estimate of drug-likeness (QED) is 0.816. The Kier molecular flexibility index (Phi) is 2.69. The van der Waals surface area contributed by atoms with Crippen molar-refractivity contribution < 1.29 is 8.42 Å². The molecule has 1 heterocycles. The molecule has 0 aliphatic rings. The summed E-state index contributed by atoms with van der Waals surface area (Å²) in [6, 6.07) is 7.03. The Hall–Kier alpha value is -1.40. The van der Waals surface area contributed by atoms with Gasteiger partial charge in [-0.05, 0) is 6.07 Å². The van der Waals surface area contributed by atoms with E-state index in [1.54, 1.807) is 24.3 Å². The molecule has 0 aliphatic heterocycles. The fraction of sp³-hybridized carbons (Fsp3) is 0.111. The zero-order valence-corrected chi connectivity index (χ0v) is 9.90. The van der Waals surface area contributed by atoms with Crippen molar-refractivity contribution in [3.05, 3.63) is 35.5 Å². The first-order chi connectivity index (χ1) is 7.48. The summed E-state index contributed by atoms with van der Waals surface area (Å²) < 4.78 is 23.2. The van der Waals surface area contributed by atoms with Crippen molar-refractivity contribution in [1.29, 1.82) is 0 Å². The van der Waals surface area contributed by atoms with Gasteiger partial charge < -0.3 is 0 Å². The monoisotopic (exact) mass is 257 g/mol. The minimum Gasteiger partial charge on any atom is -0.205 e. The van der Waals surface area contributed by atoms with Crippen LogP contribution in [0.5, 0.6) is 0 Å². The van der Waals surface area contributed by atoms with E-state index in [4.69, 9.17) is 11.6 Å². The second-order valence-corrected chi connectivity index (χ2v) is 5.47. The molecule has 1 aromatic heterocycles. The Morgan fingerprint density at radius 2 is 2.00 bits per heavy atom. The maximum atomic E-state index is 11.2. The van der Waals surface area contributed by atoms with Gasteiger partial charge in [-0.3, -0.25) is 0 Å². The van der Waals surface area contributed by atoms with Gasteiger partial charge in [0, 0.05) is 5.56 Å². The lowest BCUT2D eigenvalue weighted by molar-refractivity contribution is 0.583. The average Bonchev–Trinajstić information content (AvgIpc) is 2.66. The van der Waals surface area contributed by atoms with Gasteiger partial charge in [-0.15, -0.1) is 9.19 Å². The van der Waals surface area contributed by atoms with Gasteiger partial charge >= 0.3 is 0 Å². The molecule has 0 saturated heterocycles. The van der Waals surface area contributed by atoms with Crippen molar-refractivity contribution in [3.8, 4) is 11.3 Å². The van der Waals surface area contributed by atoms with E-state index in [9.17, 15) is 8.42 Å². The molecule has 0 radical (unpaired) electrons. The van der Waals surface area contributed by atoms with E-state index in [1.165, 1.54) is 6.20 Å². The standard InChI is InChI=1S/C9H8ClN3O2S/c1-16(14,15)13-6-9(11-12-13)7-4-2-3-5-8(7)10/h2-6H,1H3. The van der Waals surface area contributed by atoms with Crippen LogP contribution >= 0.6 is 11.6 Å². The molecule has 0 unspecified atom stereocenters. The van der Waals surface area contributed by atoms with Gasteiger partial charge in [-0.25, -0.2) is 8.42 Å². The van der Waals surface area contributed by atoms with Crippen molar-refractivity contribution in [3.63, 3.8) is 0 Å². The summed E-state index contributed by atoms with van der Waals surface area (Å²) in [4.78, 5) is 0. The predicted octanol–water partition coefficient (Wildman–Crippen LogP) is 1.41. The van der Waals surface area contributed by atoms with Crippen LogP contribution in [0.4, 0.5) is 0 Å². The highest BCUT2D eigenvalue weighted by atomic mass is 35.5. The summed E-state index contributed by atoms with van der Waals surface area (Å²) in [5, 5.41) is 7.79. The van der Waals surface area contributed by atoms with Gasteiger partial charge in [-0.2, -0.15) is 0 Å². The van der Waals surface area contributed by atoms with Crippen LogP contribution < -0.4 is 0 Å². The molecule has 0 N–H and O–H groups in total. The van der Waals surface area contributed by atoms with Gasteiger partial charge in [0.2, 0.25) is 0 Å². The second kappa shape index (κ2) is 3.88. The molecule has 0 fully saturated rings. The van der Waals surface area contributed by atoms with Crippen LogP contribution in [0.3, 0.4) is 0 Å². The highest BCUT2D eigenvalue weighted by Gasteiger charge is 2.12. The van der Waals surface area contributed by atoms with Crippen LogP contribution in [0.25, 0.3) is 11.3 Å². The molecule has 0 aliphatic carbocycles.